The molecule has 2 rings (SSSR count). The van der Waals surface area contributed by atoms with Gasteiger partial charge < -0.3 is 15.8 Å². The van der Waals surface area contributed by atoms with Crippen molar-refractivity contribution in [2.45, 2.75) is 38.6 Å². The fourth-order valence-electron chi connectivity index (χ4n) is 2.74. The Morgan fingerprint density at radius 2 is 2.14 bits per heavy atom. The molecule has 0 unspecified atom stereocenters. The Balaban J connectivity index is 2.28. The second-order valence-corrected chi connectivity index (χ2v) is 5.85. The standard InChI is InChI=1S/C15H20ClN3O2/c1-10-6-7-12(13(16)8-10)15(20)19(9-14(17)18-21)11-4-2-3-5-11/h6-8,11,21H,2-5,9H2,1H3,(H2,17,18). The highest BCUT2D eigenvalue weighted by atomic mass is 35.5. The number of carbonyl (C=O) groups excluding carboxylic acids is 1. The van der Waals surface area contributed by atoms with E-state index in [2.05, 4.69) is 5.16 Å². The molecule has 1 aliphatic rings. The maximum absolute atomic E-state index is 12.8. The number of halogens is 1. The molecule has 0 bridgehead atoms. The number of hydrogen-bond acceptors (Lipinski definition) is 3. The van der Waals surface area contributed by atoms with Crippen molar-refractivity contribution in [2.75, 3.05) is 6.54 Å². The van der Waals surface area contributed by atoms with Crippen molar-refractivity contribution in [1.29, 1.82) is 0 Å². The van der Waals surface area contributed by atoms with Crippen molar-refractivity contribution < 1.29 is 10.0 Å². The molecule has 0 aliphatic heterocycles. The van der Waals surface area contributed by atoms with Crippen LogP contribution in [0.4, 0.5) is 0 Å². The molecule has 1 saturated carbocycles. The van der Waals surface area contributed by atoms with Gasteiger partial charge in [0, 0.05) is 6.04 Å². The molecule has 114 valence electrons. The zero-order chi connectivity index (χ0) is 15.4. The summed E-state index contributed by atoms with van der Waals surface area (Å²) < 4.78 is 0. The highest BCUT2D eigenvalue weighted by Crippen LogP contribution is 2.27. The normalized spacial score (nSPS) is 16.2. The molecule has 3 N–H and O–H groups in total. The van der Waals surface area contributed by atoms with Gasteiger partial charge in [0.2, 0.25) is 0 Å². The van der Waals surface area contributed by atoms with E-state index in [1.54, 1.807) is 17.0 Å². The van der Waals surface area contributed by atoms with E-state index in [0.717, 1.165) is 31.2 Å². The van der Waals surface area contributed by atoms with E-state index in [1.807, 2.05) is 13.0 Å². The third kappa shape index (κ3) is 3.67. The molecule has 0 aromatic heterocycles. The van der Waals surface area contributed by atoms with Crippen molar-refractivity contribution in [3.05, 3.63) is 34.3 Å². The summed E-state index contributed by atoms with van der Waals surface area (Å²) in [5.41, 5.74) is 7.05. The molecule has 0 saturated heterocycles. The summed E-state index contributed by atoms with van der Waals surface area (Å²) >= 11 is 6.19. The Morgan fingerprint density at radius 3 is 2.71 bits per heavy atom. The lowest BCUT2D eigenvalue weighted by Gasteiger charge is -2.29. The van der Waals surface area contributed by atoms with Crippen LogP contribution < -0.4 is 5.73 Å². The molecule has 0 heterocycles. The van der Waals surface area contributed by atoms with Gasteiger partial charge in [0.25, 0.3) is 5.91 Å². The van der Waals surface area contributed by atoms with Crippen LogP contribution in [0.5, 0.6) is 0 Å². The number of oxime groups is 1. The van der Waals surface area contributed by atoms with Crippen molar-refractivity contribution in [1.82, 2.24) is 4.90 Å². The molecule has 0 atom stereocenters. The van der Waals surface area contributed by atoms with Gasteiger partial charge in [-0.25, -0.2) is 0 Å². The fourth-order valence-corrected chi connectivity index (χ4v) is 3.05. The van der Waals surface area contributed by atoms with Crippen molar-refractivity contribution >= 4 is 23.3 Å². The van der Waals surface area contributed by atoms with Crippen LogP contribution in [0.3, 0.4) is 0 Å². The minimum absolute atomic E-state index is 0.0264. The van der Waals surface area contributed by atoms with Crippen LogP contribution in [-0.2, 0) is 0 Å². The summed E-state index contributed by atoms with van der Waals surface area (Å²) in [4.78, 5) is 14.4. The molecule has 5 nitrogen and oxygen atoms in total. The monoisotopic (exact) mass is 309 g/mol. The van der Waals surface area contributed by atoms with Gasteiger partial charge in [0.1, 0.15) is 0 Å². The first-order chi connectivity index (χ1) is 10.0. The van der Waals surface area contributed by atoms with Crippen LogP contribution >= 0.6 is 11.6 Å². The number of carbonyl (C=O) groups is 1. The minimum Gasteiger partial charge on any atom is -0.409 e. The molecular weight excluding hydrogens is 290 g/mol. The van der Waals surface area contributed by atoms with Crippen molar-refractivity contribution in [2.24, 2.45) is 10.9 Å². The molecule has 1 amide bonds. The maximum Gasteiger partial charge on any atom is 0.256 e. The zero-order valence-electron chi connectivity index (χ0n) is 12.1. The predicted molar refractivity (Wildman–Crippen MR) is 82.9 cm³/mol. The average molecular weight is 310 g/mol. The maximum atomic E-state index is 12.8. The first kappa shape index (κ1) is 15.6. The molecule has 1 aliphatic carbocycles. The van der Waals surface area contributed by atoms with E-state index >= 15 is 0 Å². The number of nitrogens with two attached hydrogens (primary N) is 1. The van der Waals surface area contributed by atoms with Gasteiger partial charge in [-0.15, -0.1) is 0 Å². The minimum atomic E-state index is -0.168. The van der Waals surface area contributed by atoms with Crippen LogP contribution in [0.1, 0.15) is 41.6 Å². The number of aryl methyl sites for hydroxylation is 1. The molecule has 21 heavy (non-hydrogen) atoms. The number of amidine groups is 1. The smallest absolute Gasteiger partial charge is 0.256 e. The molecule has 1 aromatic rings. The SMILES string of the molecule is Cc1ccc(C(=O)N(C/C(N)=N/O)C2CCCC2)c(Cl)c1. The summed E-state index contributed by atoms with van der Waals surface area (Å²) in [7, 11) is 0. The number of benzene rings is 1. The highest BCUT2D eigenvalue weighted by Gasteiger charge is 2.29. The molecule has 1 aromatic carbocycles. The van der Waals surface area contributed by atoms with E-state index in [4.69, 9.17) is 22.5 Å². The number of rotatable bonds is 4. The van der Waals surface area contributed by atoms with Crippen LogP contribution in [0, 0.1) is 6.92 Å². The number of hydrogen-bond donors (Lipinski definition) is 2. The summed E-state index contributed by atoms with van der Waals surface area (Å²) in [6, 6.07) is 5.48. The van der Waals surface area contributed by atoms with Crippen LogP contribution in [0.25, 0.3) is 0 Å². The lowest BCUT2D eigenvalue weighted by Crippen LogP contribution is -2.44. The summed E-state index contributed by atoms with van der Waals surface area (Å²) in [6.07, 6.45) is 4.06. The third-order valence-electron chi connectivity index (χ3n) is 3.84. The zero-order valence-corrected chi connectivity index (χ0v) is 12.8. The first-order valence-corrected chi connectivity index (χ1v) is 7.44. The highest BCUT2D eigenvalue weighted by molar-refractivity contribution is 6.33. The number of nitrogens with zero attached hydrogens (tertiary/aromatic N) is 2. The molecule has 1 fully saturated rings. The van der Waals surface area contributed by atoms with Gasteiger partial charge in [-0.3, -0.25) is 4.79 Å². The topological polar surface area (TPSA) is 78.9 Å². The van der Waals surface area contributed by atoms with E-state index in [1.165, 1.54) is 0 Å². The van der Waals surface area contributed by atoms with E-state index in [-0.39, 0.29) is 24.3 Å². The van der Waals surface area contributed by atoms with Gasteiger partial charge in [0.05, 0.1) is 17.1 Å². The lowest BCUT2D eigenvalue weighted by molar-refractivity contribution is 0.0712. The predicted octanol–water partition coefficient (Wildman–Crippen LogP) is 2.78. The third-order valence-corrected chi connectivity index (χ3v) is 4.15. The van der Waals surface area contributed by atoms with E-state index < -0.39 is 0 Å². The molecule has 6 heteroatoms. The Morgan fingerprint density at radius 1 is 1.48 bits per heavy atom. The fraction of sp³-hybridized carbons (Fsp3) is 0.467. The van der Waals surface area contributed by atoms with Gasteiger partial charge in [-0.1, -0.05) is 35.7 Å². The van der Waals surface area contributed by atoms with Crippen LogP contribution in [0.2, 0.25) is 5.02 Å². The van der Waals surface area contributed by atoms with Crippen LogP contribution in [-0.4, -0.2) is 34.4 Å². The van der Waals surface area contributed by atoms with Gasteiger partial charge in [0.15, 0.2) is 5.84 Å². The molecule has 0 radical (unpaired) electrons. The Hall–Kier alpha value is -1.75. The second-order valence-electron chi connectivity index (χ2n) is 5.45. The second kappa shape index (κ2) is 6.80. The number of amides is 1. The lowest BCUT2D eigenvalue weighted by atomic mass is 10.1. The largest absolute Gasteiger partial charge is 0.409 e. The van der Waals surface area contributed by atoms with E-state index in [0.29, 0.717) is 10.6 Å². The first-order valence-electron chi connectivity index (χ1n) is 7.06. The summed E-state index contributed by atoms with van der Waals surface area (Å²) in [6.45, 7) is 2.04. The molecule has 0 spiro atoms. The molecular formula is C15H20ClN3O2. The van der Waals surface area contributed by atoms with E-state index in [9.17, 15) is 4.79 Å². The Kier molecular flexibility index (Phi) is 5.07. The van der Waals surface area contributed by atoms with Gasteiger partial charge in [-0.05, 0) is 37.5 Å². The van der Waals surface area contributed by atoms with Crippen LogP contribution in [0.15, 0.2) is 23.4 Å². The Bertz CT molecular complexity index is 554. The summed E-state index contributed by atoms with van der Waals surface area (Å²) in [5.74, 6) is -0.142. The summed E-state index contributed by atoms with van der Waals surface area (Å²) in [5, 5.41) is 12.2. The quantitative estimate of drug-likeness (QED) is 0.388. The van der Waals surface area contributed by atoms with Gasteiger partial charge >= 0.3 is 0 Å². The van der Waals surface area contributed by atoms with Crippen molar-refractivity contribution in [3.63, 3.8) is 0 Å². The van der Waals surface area contributed by atoms with Gasteiger partial charge in [-0.2, -0.15) is 0 Å². The van der Waals surface area contributed by atoms with Crippen molar-refractivity contribution in [3.8, 4) is 0 Å². The average Bonchev–Trinajstić information content (AvgIpc) is 2.97. The Labute approximate surface area is 129 Å².